The van der Waals surface area contributed by atoms with Gasteiger partial charge in [0.15, 0.2) is 0 Å². The molecule has 24 heavy (non-hydrogen) atoms. The summed E-state index contributed by atoms with van der Waals surface area (Å²) in [7, 11) is 0. The molecule has 0 aliphatic carbocycles. The normalized spacial score (nSPS) is 13.2. The third-order valence-electron chi connectivity index (χ3n) is 4.42. The van der Waals surface area contributed by atoms with Gasteiger partial charge in [-0.05, 0) is 49.4 Å². The Morgan fingerprint density at radius 2 is 1.67 bits per heavy atom. The Labute approximate surface area is 142 Å². The Bertz CT molecular complexity index is 721. The van der Waals surface area contributed by atoms with E-state index in [-0.39, 0.29) is 23.1 Å². The fraction of sp³-hybridized carbons (Fsp3) is 0.474. The molecule has 0 aliphatic rings. The number of aromatic nitrogens is 2. The Balaban J connectivity index is 2.46. The standard InChI is InChI=1S/C19H25F2N3/c1-11-7-8-14(9-12(11)2)15-10-16(17(20)21)24-18(23-15)22-13(3)19(4,5)6/h7-10,13,17H,1-6H3,(H,22,23,24). The van der Waals surface area contributed by atoms with E-state index in [1.807, 2.05) is 39.0 Å². The third kappa shape index (κ3) is 4.28. The summed E-state index contributed by atoms with van der Waals surface area (Å²) in [6.07, 6.45) is -2.64. The van der Waals surface area contributed by atoms with Gasteiger partial charge in [-0.1, -0.05) is 32.9 Å². The summed E-state index contributed by atoms with van der Waals surface area (Å²) in [5, 5.41) is 3.16. The number of nitrogens with zero attached hydrogens (tertiary/aromatic N) is 2. The second-order valence-corrected chi connectivity index (χ2v) is 7.33. The number of halogens is 2. The SMILES string of the molecule is Cc1ccc(-c2cc(C(F)F)nc(NC(C)C(C)(C)C)n2)cc1C. The number of hydrogen-bond acceptors (Lipinski definition) is 3. The average molecular weight is 333 g/mol. The molecule has 0 saturated heterocycles. The Hall–Kier alpha value is -2.04. The molecule has 0 aliphatic heterocycles. The van der Waals surface area contributed by atoms with Crippen molar-refractivity contribution in [1.82, 2.24) is 9.97 Å². The molecule has 0 bridgehead atoms. The van der Waals surface area contributed by atoms with E-state index < -0.39 is 6.43 Å². The molecular weight excluding hydrogens is 308 g/mol. The largest absolute Gasteiger partial charge is 0.351 e. The molecule has 1 N–H and O–H groups in total. The van der Waals surface area contributed by atoms with E-state index in [0.29, 0.717) is 5.69 Å². The van der Waals surface area contributed by atoms with Crippen molar-refractivity contribution in [2.24, 2.45) is 5.41 Å². The van der Waals surface area contributed by atoms with Crippen molar-refractivity contribution in [3.05, 3.63) is 41.1 Å². The van der Waals surface area contributed by atoms with E-state index in [0.717, 1.165) is 16.7 Å². The Morgan fingerprint density at radius 1 is 1.00 bits per heavy atom. The van der Waals surface area contributed by atoms with Crippen LogP contribution >= 0.6 is 0 Å². The fourth-order valence-corrected chi connectivity index (χ4v) is 2.10. The summed E-state index contributed by atoms with van der Waals surface area (Å²) in [6.45, 7) is 12.2. The molecule has 0 amide bonds. The van der Waals surface area contributed by atoms with Gasteiger partial charge in [0.1, 0.15) is 5.69 Å². The van der Waals surface area contributed by atoms with E-state index >= 15 is 0 Å². The van der Waals surface area contributed by atoms with E-state index in [1.54, 1.807) is 0 Å². The van der Waals surface area contributed by atoms with Crippen LogP contribution in [0.1, 0.15) is 50.9 Å². The number of anilines is 1. The van der Waals surface area contributed by atoms with Crippen molar-refractivity contribution in [3.8, 4) is 11.3 Å². The first kappa shape index (κ1) is 18.3. The summed E-state index contributed by atoms with van der Waals surface area (Å²) < 4.78 is 26.5. The van der Waals surface area contributed by atoms with Gasteiger partial charge in [-0.3, -0.25) is 0 Å². The minimum Gasteiger partial charge on any atom is -0.351 e. The topological polar surface area (TPSA) is 37.8 Å². The van der Waals surface area contributed by atoms with Crippen LogP contribution in [-0.4, -0.2) is 16.0 Å². The average Bonchev–Trinajstić information content (AvgIpc) is 2.48. The number of benzene rings is 1. The van der Waals surface area contributed by atoms with Crippen molar-refractivity contribution in [2.75, 3.05) is 5.32 Å². The molecule has 1 aromatic heterocycles. The minimum absolute atomic E-state index is 0.0369. The first-order chi connectivity index (χ1) is 11.1. The molecule has 130 valence electrons. The van der Waals surface area contributed by atoms with Gasteiger partial charge in [0.2, 0.25) is 5.95 Å². The highest BCUT2D eigenvalue weighted by Crippen LogP contribution is 2.27. The lowest BCUT2D eigenvalue weighted by molar-refractivity contribution is 0.146. The highest BCUT2D eigenvalue weighted by atomic mass is 19.3. The van der Waals surface area contributed by atoms with Crippen molar-refractivity contribution < 1.29 is 8.78 Å². The van der Waals surface area contributed by atoms with Gasteiger partial charge in [-0.15, -0.1) is 0 Å². The monoisotopic (exact) mass is 333 g/mol. The van der Waals surface area contributed by atoms with Gasteiger partial charge in [-0.25, -0.2) is 18.7 Å². The van der Waals surface area contributed by atoms with Crippen LogP contribution in [-0.2, 0) is 0 Å². The van der Waals surface area contributed by atoms with Crippen molar-refractivity contribution in [3.63, 3.8) is 0 Å². The summed E-state index contributed by atoms with van der Waals surface area (Å²) in [4.78, 5) is 8.43. The molecule has 1 unspecified atom stereocenters. The first-order valence-electron chi connectivity index (χ1n) is 8.09. The molecule has 1 aromatic carbocycles. The summed E-state index contributed by atoms with van der Waals surface area (Å²) in [5.41, 5.74) is 3.27. The van der Waals surface area contributed by atoms with Crippen LogP contribution in [0.4, 0.5) is 14.7 Å². The maximum atomic E-state index is 13.2. The van der Waals surface area contributed by atoms with Crippen LogP contribution in [0.15, 0.2) is 24.3 Å². The van der Waals surface area contributed by atoms with Gasteiger partial charge < -0.3 is 5.32 Å². The molecule has 3 nitrogen and oxygen atoms in total. The molecule has 2 aromatic rings. The van der Waals surface area contributed by atoms with Gasteiger partial charge in [-0.2, -0.15) is 0 Å². The zero-order valence-corrected chi connectivity index (χ0v) is 15.1. The molecule has 2 rings (SSSR count). The lowest BCUT2D eigenvalue weighted by Crippen LogP contribution is -2.31. The molecule has 0 radical (unpaired) electrons. The second-order valence-electron chi connectivity index (χ2n) is 7.33. The Kier molecular flexibility index (Phi) is 5.21. The zero-order valence-electron chi connectivity index (χ0n) is 15.1. The van der Waals surface area contributed by atoms with Gasteiger partial charge >= 0.3 is 0 Å². The summed E-state index contributed by atoms with van der Waals surface area (Å²) in [6, 6.07) is 7.24. The minimum atomic E-state index is -2.64. The van der Waals surface area contributed by atoms with Crippen molar-refractivity contribution >= 4 is 5.95 Å². The van der Waals surface area contributed by atoms with Crippen molar-refractivity contribution in [2.45, 2.75) is 54.0 Å². The van der Waals surface area contributed by atoms with Crippen molar-refractivity contribution in [1.29, 1.82) is 0 Å². The molecule has 1 atom stereocenters. The molecule has 0 saturated carbocycles. The van der Waals surface area contributed by atoms with E-state index in [2.05, 4.69) is 36.1 Å². The Morgan fingerprint density at radius 3 is 2.21 bits per heavy atom. The van der Waals surface area contributed by atoms with E-state index in [4.69, 9.17) is 0 Å². The maximum absolute atomic E-state index is 13.2. The van der Waals surface area contributed by atoms with Crippen LogP contribution in [0.2, 0.25) is 0 Å². The number of aryl methyl sites for hydroxylation is 2. The fourth-order valence-electron chi connectivity index (χ4n) is 2.10. The van der Waals surface area contributed by atoms with Gasteiger partial charge in [0.05, 0.1) is 5.69 Å². The lowest BCUT2D eigenvalue weighted by atomic mass is 9.88. The molecule has 1 heterocycles. The molecular formula is C19H25F2N3. The summed E-state index contributed by atoms with van der Waals surface area (Å²) in [5.74, 6) is 0.239. The number of alkyl halides is 2. The second kappa shape index (κ2) is 6.83. The molecule has 0 fully saturated rings. The van der Waals surface area contributed by atoms with Crippen LogP contribution in [0.25, 0.3) is 11.3 Å². The molecule has 0 spiro atoms. The summed E-state index contributed by atoms with van der Waals surface area (Å²) >= 11 is 0. The predicted molar refractivity (Wildman–Crippen MR) is 94.4 cm³/mol. The van der Waals surface area contributed by atoms with Crippen LogP contribution in [0, 0.1) is 19.3 Å². The van der Waals surface area contributed by atoms with Gasteiger partial charge in [0.25, 0.3) is 6.43 Å². The predicted octanol–water partition coefficient (Wildman–Crippen LogP) is 5.54. The smallest absolute Gasteiger partial charge is 0.280 e. The molecule has 5 heteroatoms. The number of hydrogen-bond donors (Lipinski definition) is 1. The first-order valence-corrected chi connectivity index (χ1v) is 8.09. The number of rotatable bonds is 4. The van der Waals surface area contributed by atoms with E-state index in [9.17, 15) is 8.78 Å². The highest BCUT2D eigenvalue weighted by Gasteiger charge is 2.22. The van der Waals surface area contributed by atoms with Crippen LogP contribution < -0.4 is 5.32 Å². The lowest BCUT2D eigenvalue weighted by Gasteiger charge is -2.28. The third-order valence-corrected chi connectivity index (χ3v) is 4.42. The number of nitrogens with one attached hydrogen (secondary N) is 1. The van der Waals surface area contributed by atoms with E-state index in [1.165, 1.54) is 6.07 Å². The van der Waals surface area contributed by atoms with Gasteiger partial charge in [0, 0.05) is 11.6 Å². The highest BCUT2D eigenvalue weighted by molar-refractivity contribution is 5.62. The quantitative estimate of drug-likeness (QED) is 0.797. The van der Waals surface area contributed by atoms with Crippen LogP contribution in [0.3, 0.4) is 0 Å². The maximum Gasteiger partial charge on any atom is 0.280 e. The zero-order chi connectivity index (χ0) is 18.1. The van der Waals surface area contributed by atoms with Crippen LogP contribution in [0.5, 0.6) is 0 Å².